The Bertz CT molecular complexity index is 1400. The zero-order chi connectivity index (χ0) is 27.1. The smallest absolute Gasteiger partial charge is 0.329 e. The first-order valence-electron chi connectivity index (χ1n) is 12.0. The molecule has 194 valence electrons. The van der Waals surface area contributed by atoms with E-state index in [9.17, 15) is 19.7 Å². The van der Waals surface area contributed by atoms with Crippen molar-refractivity contribution in [2.24, 2.45) is 0 Å². The number of rotatable bonds is 11. The zero-order valence-electron chi connectivity index (χ0n) is 20.9. The van der Waals surface area contributed by atoms with E-state index in [0.29, 0.717) is 35.7 Å². The first-order valence-corrected chi connectivity index (χ1v) is 12.0. The number of amides is 3. The standard InChI is InChI=1S/C29H27N3O6/c1-3-9-23-14-22(16-25-28(33)31(29(34)30-25)18-20-10-6-5-7-11-20)17-26(37-4-2)27(23)38-19-21-12-8-13-24(15-21)32(35)36/h3,5-8,10-17H,1,4,9,18-19H2,2H3,(H,30,34)/b25-16+. The van der Waals surface area contributed by atoms with E-state index in [1.807, 2.05) is 43.3 Å². The Morgan fingerprint density at radius 2 is 1.79 bits per heavy atom. The molecule has 4 rings (SSSR count). The quantitative estimate of drug-likeness (QED) is 0.121. The van der Waals surface area contributed by atoms with E-state index < -0.39 is 16.9 Å². The summed E-state index contributed by atoms with van der Waals surface area (Å²) in [6.45, 7) is 6.28. The van der Waals surface area contributed by atoms with E-state index in [-0.39, 0.29) is 24.5 Å². The molecule has 0 aliphatic carbocycles. The van der Waals surface area contributed by atoms with Gasteiger partial charge in [0.05, 0.1) is 18.1 Å². The second-order valence-corrected chi connectivity index (χ2v) is 8.51. The summed E-state index contributed by atoms with van der Waals surface area (Å²) in [6, 6.07) is 18.6. The van der Waals surface area contributed by atoms with Crippen molar-refractivity contribution in [3.05, 3.63) is 117 Å². The third-order valence-corrected chi connectivity index (χ3v) is 5.78. The van der Waals surface area contributed by atoms with Gasteiger partial charge in [-0.1, -0.05) is 48.5 Å². The van der Waals surface area contributed by atoms with Crippen molar-refractivity contribution < 1.29 is 24.0 Å². The summed E-state index contributed by atoms with van der Waals surface area (Å²) >= 11 is 0. The number of hydrogen-bond acceptors (Lipinski definition) is 6. The van der Waals surface area contributed by atoms with Crippen molar-refractivity contribution in [3.8, 4) is 11.5 Å². The maximum Gasteiger partial charge on any atom is 0.329 e. The second-order valence-electron chi connectivity index (χ2n) is 8.51. The van der Waals surface area contributed by atoms with E-state index in [1.165, 1.54) is 12.1 Å². The lowest BCUT2D eigenvalue weighted by Crippen LogP contribution is -2.30. The van der Waals surface area contributed by atoms with Crippen LogP contribution in [-0.4, -0.2) is 28.4 Å². The average Bonchev–Trinajstić information content (AvgIpc) is 3.16. The fourth-order valence-electron chi connectivity index (χ4n) is 4.06. The van der Waals surface area contributed by atoms with Gasteiger partial charge in [0.15, 0.2) is 11.5 Å². The molecule has 3 aromatic carbocycles. The lowest BCUT2D eigenvalue weighted by atomic mass is 10.0. The lowest BCUT2D eigenvalue weighted by molar-refractivity contribution is -0.384. The number of ether oxygens (including phenoxy) is 2. The molecule has 0 atom stereocenters. The van der Waals surface area contributed by atoms with Crippen LogP contribution < -0.4 is 14.8 Å². The number of nitro groups is 1. The third kappa shape index (κ3) is 6.07. The molecule has 1 fully saturated rings. The molecule has 1 aliphatic heterocycles. The van der Waals surface area contributed by atoms with E-state index in [4.69, 9.17) is 9.47 Å². The minimum Gasteiger partial charge on any atom is -0.490 e. The number of non-ortho nitro benzene ring substituents is 1. The first-order chi connectivity index (χ1) is 18.4. The number of nitrogens with one attached hydrogen (secondary N) is 1. The van der Waals surface area contributed by atoms with Crippen molar-refractivity contribution in [1.82, 2.24) is 10.2 Å². The first kappa shape index (κ1) is 26.2. The van der Waals surface area contributed by atoms with Crippen LogP contribution in [0.5, 0.6) is 11.5 Å². The minimum atomic E-state index is -0.488. The number of hydrogen-bond donors (Lipinski definition) is 1. The van der Waals surface area contributed by atoms with Crippen molar-refractivity contribution in [3.63, 3.8) is 0 Å². The predicted molar refractivity (Wildman–Crippen MR) is 142 cm³/mol. The van der Waals surface area contributed by atoms with Gasteiger partial charge in [-0.05, 0) is 48.2 Å². The van der Waals surface area contributed by atoms with E-state index >= 15 is 0 Å². The van der Waals surface area contributed by atoms with Gasteiger partial charge in [-0.3, -0.25) is 19.8 Å². The van der Waals surface area contributed by atoms with Crippen molar-refractivity contribution in [1.29, 1.82) is 0 Å². The molecule has 0 bridgehead atoms. The average molecular weight is 514 g/mol. The lowest BCUT2D eigenvalue weighted by Gasteiger charge is -2.17. The molecule has 38 heavy (non-hydrogen) atoms. The fraction of sp³-hybridized carbons (Fsp3) is 0.172. The van der Waals surface area contributed by atoms with Crippen LogP contribution in [0.2, 0.25) is 0 Å². The van der Waals surface area contributed by atoms with E-state index in [0.717, 1.165) is 16.0 Å². The molecular formula is C29H27N3O6. The highest BCUT2D eigenvalue weighted by Crippen LogP contribution is 2.35. The summed E-state index contributed by atoms with van der Waals surface area (Å²) in [6.07, 6.45) is 3.76. The highest BCUT2D eigenvalue weighted by Gasteiger charge is 2.33. The van der Waals surface area contributed by atoms with Gasteiger partial charge in [0, 0.05) is 17.7 Å². The van der Waals surface area contributed by atoms with Gasteiger partial charge in [-0.25, -0.2) is 4.79 Å². The molecule has 0 radical (unpaired) electrons. The molecule has 0 saturated carbocycles. The Morgan fingerprint density at radius 1 is 1.03 bits per heavy atom. The number of benzene rings is 3. The van der Waals surface area contributed by atoms with Gasteiger partial charge >= 0.3 is 6.03 Å². The summed E-state index contributed by atoms with van der Waals surface area (Å²) < 4.78 is 11.9. The van der Waals surface area contributed by atoms with Crippen LogP contribution >= 0.6 is 0 Å². The number of carbonyl (C=O) groups excluding carboxylic acids is 2. The van der Waals surface area contributed by atoms with Crippen LogP contribution in [0.15, 0.2) is 85.1 Å². The molecule has 0 aromatic heterocycles. The molecular weight excluding hydrogens is 486 g/mol. The maximum absolute atomic E-state index is 13.0. The molecule has 0 spiro atoms. The Balaban J connectivity index is 1.61. The molecule has 1 aliphatic rings. The molecule has 3 amide bonds. The molecule has 1 N–H and O–H groups in total. The Kier molecular flexibility index (Phi) is 8.17. The molecule has 9 heteroatoms. The summed E-state index contributed by atoms with van der Waals surface area (Å²) in [4.78, 5) is 37.3. The molecule has 1 heterocycles. The number of allylic oxidation sites excluding steroid dienone is 1. The number of imide groups is 1. The van der Waals surface area contributed by atoms with Gasteiger partial charge in [-0.15, -0.1) is 6.58 Å². The van der Waals surface area contributed by atoms with Gasteiger partial charge in [-0.2, -0.15) is 0 Å². The van der Waals surface area contributed by atoms with Crippen molar-refractivity contribution in [2.45, 2.75) is 26.5 Å². The van der Waals surface area contributed by atoms with Gasteiger partial charge in [0.25, 0.3) is 11.6 Å². The summed E-state index contributed by atoms with van der Waals surface area (Å²) in [7, 11) is 0. The maximum atomic E-state index is 13.0. The normalized spacial score (nSPS) is 13.9. The number of carbonyl (C=O) groups is 2. The van der Waals surface area contributed by atoms with E-state index in [2.05, 4.69) is 11.9 Å². The highest BCUT2D eigenvalue weighted by atomic mass is 16.6. The zero-order valence-corrected chi connectivity index (χ0v) is 20.9. The van der Waals surface area contributed by atoms with Crippen LogP contribution in [0.25, 0.3) is 6.08 Å². The molecule has 3 aromatic rings. The number of nitrogens with zero attached hydrogens (tertiary/aromatic N) is 2. The van der Waals surface area contributed by atoms with Gasteiger partial charge < -0.3 is 14.8 Å². The summed E-state index contributed by atoms with van der Waals surface area (Å²) in [5.74, 6) is 0.503. The summed E-state index contributed by atoms with van der Waals surface area (Å²) in [5, 5.41) is 13.8. The van der Waals surface area contributed by atoms with Crippen molar-refractivity contribution in [2.75, 3.05) is 6.61 Å². The highest BCUT2D eigenvalue weighted by molar-refractivity contribution is 6.13. The number of nitro benzene ring substituents is 1. The van der Waals surface area contributed by atoms with Crippen LogP contribution in [0.4, 0.5) is 10.5 Å². The van der Waals surface area contributed by atoms with Crippen LogP contribution in [0.1, 0.15) is 29.2 Å². The molecule has 0 unspecified atom stereocenters. The monoisotopic (exact) mass is 513 g/mol. The SMILES string of the molecule is C=CCc1cc(/C=C2/NC(=O)N(Cc3ccccc3)C2=O)cc(OCC)c1OCc1cccc([N+](=O)[O-])c1. The van der Waals surface area contributed by atoms with Crippen LogP contribution in [0, 0.1) is 10.1 Å². The van der Waals surface area contributed by atoms with Crippen LogP contribution in [-0.2, 0) is 24.4 Å². The Labute approximate surface area is 220 Å². The second kappa shape index (κ2) is 11.9. The van der Waals surface area contributed by atoms with Gasteiger partial charge in [0.1, 0.15) is 12.3 Å². The third-order valence-electron chi connectivity index (χ3n) is 5.78. The van der Waals surface area contributed by atoms with E-state index in [1.54, 1.807) is 30.4 Å². The van der Waals surface area contributed by atoms with Gasteiger partial charge in [0.2, 0.25) is 0 Å². The summed E-state index contributed by atoms with van der Waals surface area (Å²) in [5.41, 5.74) is 3.00. The Morgan fingerprint density at radius 3 is 2.50 bits per heavy atom. The predicted octanol–water partition coefficient (Wildman–Crippen LogP) is 5.39. The van der Waals surface area contributed by atoms with Crippen molar-refractivity contribution >= 4 is 23.7 Å². The minimum absolute atomic E-state index is 0.0194. The largest absolute Gasteiger partial charge is 0.490 e. The Hall–Kier alpha value is -4.92. The molecule has 1 saturated heterocycles. The van der Waals surface area contributed by atoms with Crippen LogP contribution in [0.3, 0.4) is 0 Å². The molecule has 9 nitrogen and oxygen atoms in total. The fourth-order valence-corrected chi connectivity index (χ4v) is 4.06. The number of urea groups is 1. The topological polar surface area (TPSA) is 111 Å².